The molecule has 3 nitrogen and oxygen atoms in total. The minimum atomic E-state index is -1.06. The molecule has 0 unspecified atom stereocenters. The standard InChI is InChI=1S/C14H12Cl2O3/c1-2-3-4-7-19-14-10(5-6-13(17)18)8-11(15)9-12(14)16/h1,5-6,8-9H,3-4,7H2,(H,17,18)/b6-5+. The van der Waals surface area contributed by atoms with E-state index in [1.165, 1.54) is 12.1 Å². The summed E-state index contributed by atoms with van der Waals surface area (Å²) in [6.45, 7) is 0.402. The van der Waals surface area contributed by atoms with Gasteiger partial charge in [0.15, 0.2) is 0 Å². The Labute approximate surface area is 121 Å². The number of carboxylic acids is 1. The number of ether oxygens (including phenoxy) is 1. The number of carbonyl (C=O) groups is 1. The molecular weight excluding hydrogens is 287 g/mol. The normalized spacial score (nSPS) is 10.4. The van der Waals surface area contributed by atoms with Gasteiger partial charge in [0.05, 0.1) is 11.6 Å². The molecule has 0 atom stereocenters. The van der Waals surface area contributed by atoms with Crippen molar-refractivity contribution in [1.29, 1.82) is 0 Å². The first-order valence-corrected chi connectivity index (χ1v) is 6.26. The van der Waals surface area contributed by atoms with Crippen LogP contribution in [0, 0.1) is 12.3 Å². The minimum absolute atomic E-state index is 0.332. The lowest BCUT2D eigenvalue weighted by Gasteiger charge is -2.11. The molecular formula is C14H12Cl2O3. The van der Waals surface area contributed by atoms with Crippen LogP contribution in [0.1, 0.15) is 18.4 Å². The second-order valence-electron chi connectivity index (χ2n) is 3.63. The van der Waals surface area contributed by atoms with Crippen LogP contribution in [0.2, 0.25) is 10.0 Å². The van der Waals surface area contributed by atoms with E-state index in [2.05, 4.69) is 5.92 Å². The molecule has 0 amide bonds. The number of halogens is 2. The maximum absolute atomic E-state index is 10.5. The van der Waals surface area contributed by atoms with E-state index in [0.717, 1.165) is 6.08 Å². The van der Waals surface area contributed by atoms with E-state index in [0.29, 0.717) is 40.8 Å². The quantitative estimate of drug-likeness (QED) is 0.492. The average Bonchev–Trinajstić information content (AvgIpc) is 2.34. The van der Waals surface area contributed by atoms with Gasteiger partial charge in [-0.25, -0.2) is 4.79 Å². The largest absolute Gasteiger partial charge is 0.491 e. The van der Waals surface area contributed by atoms with Crippen molar-refractivity contribution in [3.05, 3.63) is 33.8 Å². The van der Waals surface area contributed by atoms with E-state index < -0.39 is 5.97 Å². The van der Waals surface area contributed by atoms with Crippen molar-refractivity contribution >= 4 is 35.2 Å². The number of hydrogen-bond donors (Lipinski definition) is 1. The van der Waals surface area contributed by atoms with Crippen LogP contribution < -0.4 is 4.74 Å². The van der Waals surface area contributed by atoms with Crippen molar-refractivity contribution in [3.63, 3.8) is 0 Å². The Bertz CT molecular complexity index is 530. The first kappa shape index (κ1) is 15.4. The highest BCUT2D eigenvalue weighted by atomic mass is 35.5. The predicted octanol–water partition coefficient (Wildman–Crippen LogP) is 3.88. The van der Waals surface area contributed by atoms with Crippen molar-refractivity contribution < 1.29 is 14.6 Å². The molecule has 0 radical (unpaired) electrons. The van der Waals surface area contributed by atoms with E-state index in [4.69, 9.17) is 39.5 Å². The summed E-state index contributed by atoms with van der Waals surface area (Å²) in [5.41, 5.74) is 0.514. The number of benzene rings is 1. The SMILES string of the molecule is C#CCCCOc1c(Cl)cc(Cl)cc1/C=C/C(=O)O. The molecule has 0 spiro atoms. The van der Waals surface area contributed by atoms with Crippen LogP contribution in [0.5, 0.6) is 5.75 Å². The molecule has 0 heterocycles. The van der Waals surface area contributed by atoms with Gasteiger partial charge in [-0.2, -0.15) is 0 Å². The lowest BCUT2D eigenvalue weighted by molar-refractivity contribution is -0.131. The zero-order chi connectivity index (χ0) is 14.3. The number of terminal acetylenes is 1. The predicted molar refractivity (Wildman–Crippen MR) is 76.7 cm³/mol. The highest BCUT2D eigenvalue weighted by Crippen LogP contribution is 2.33. The van der Waals surface area contributed by atoms with Crippen molar-refractivity contribution in [2.24, 2.45) is 0 Å². The Morgan fingerprint density at radius 3 is 2.84 bits per heavy atom. The zero-order valence-electron chi connectivity index (χ0n) is 10.0. The van der Waals surface area contributed by atoms with E-state index in [1.807, 2.05) is 0 Å². The molecule has 0 aliphatic heterocycles. The third-order valence-corrected chi connectivity index (χ3v) is 2.65. The first-order chi connectivity index (χ1) is 9.04. The Balaban J connectivity index is 2.93. The molecule has 0 fully saturated rings. The third-order valence-electron chi connectivity index (χ3n) is 2.15. The van der Waals surface area contributed by atoms with Gasteiger partial charge in [0, 0.05) is 23.1 Å². The van der Waals surface area contributed by atoms with Gasteiger partial charge >= 0.3 is 5.97 Å². The summed E-state index contributed by atoms with van der Waals surface area (Å²) in [6, 6.07) is 3.13. The Morgan fingerprint density at radius 1 is 1.47 bits per heavy atom. The van der Waals surface area contributed by atoms with Gasteiger partial charge in [0.2, 0.25) is 0 Å². The summed E-state index contributed by atoms with van der Waals surface area (Å²) in [5, 5.41) is 9.37. The Kier molecular flexibility index (Phi) is 6.27. The second kappa shape index (κ2) is 7.73. The summed E-state index contributed by atoms with van der Waals surface area (Å²) >= 11 is 11.9. The zero-order valence-corrected chi connectivity index (χ0v) is 11.5. The lowest BCUT2D eigenvalue weighted by atomic mass is 10.2. The molecule has 0 aliphatic rings. The van der Waals surface area contributed by atoms with Gasteiger partial charge < -0.3 is 9.84 Å². The number of rotatable bonds is 6. The molecule has 0 aromatic heterocycles. The number of carboxylic acid groups (broad SMARTS) is 1. The maximum Gasteiger partial charge on any atom is 0.328 e. The molecule has 5 heteroatoms. The number of aliphatic carboxylic acids is 1. The summed E-state index contributed by atoms with van der Waals surface area (Å²) in [5.74, 6) is 1.85. The van der Waals surface area contributed by atoms with Crippen LogP contribution in [0.4, 0.5) is 0 Å². The summed E-state index contributed by atoms with van der Waals surface area (Å²) < 4.78 is 5.53. The van der Waals surface area contributed by atoms with Crippen molar-refractivity contribution in [2.75, 3.05) is 6.61 Å². The molecule has 1 aromatic carbocycles. The fourth-order valence-electron chi connectivity index (χ4n) is 1.37. The van der Waals surface area contributed by atoms with Crippen molar-refractivity contribution in [3.8, 4) is 18.1 Å². The highest BCUT2D eigenvalue weighted by Gasteiger charge is 2.09. The average molecular weight is 299 g/mol. The highest BCUT2D eigenvalue weighted by molar-refractivity contribution is 6.35. The fourth-order valence-corrected chi connectivity index (χ4v) is 1.93. The Hall–Kier alpha value is -1.63. The molecule has 0 aliphatic carbocycles. The van der Waals surface area contributed by atoms with Crippen LogP contribution >= 0.6 is 23.2 Å². The molecule has 0 saturated carbocycles. The summed E-state index contributed by atoms with van der Waals surface area (Å²) in [4.78, 5) is 10.5. The molecule has 1 rings (SSSR count). The van der Waals surface area contributed by atoms with Crippen LogP contribution in [-0.2, 0) is 4.79 Å². The second-order valence-corrected chi connectivity index (χ2v) is 4.48. The van der Waals surface area contributed by atoms with Crippen LogP contribution in [0.3, 0.4) is 0 Å². The smallest absolute Gasteiger partial charge is 0.328 e. The van der Waals surface area contributed by atoms with E-state index in [1.54, 1.807) is 6.07 Å². The molecule has 100 valence electrons. The van der Waals surface area contributed by atoms with Crippen LogP contribution in [-0.4, -0.2) is 17.7 Å². The monoisotopic (exact) mass is 298 g/mol. The van der Waals surface area contributed by atoms with Gasteiger partial charge in [0.1, 0.15) is 5.75 Å². The maximum atomic E-state index is 10.5. The van der Waals surface area contributed by atoms with Crippen LogP contribution in [0.15, 0.2) is 18.2 Å². The van der Waals surface area contributed by atoms with Gasteiger partial charge in [-0.3, -0.25) is 0 Å². The molecule has 0 saturated heterocycles. The lowest BCUT2D eigenvalue weighted by Crippen LogP contribution is -1.99. The molecule has 1 aromatic rings. The van der Waals surface area contributed by atoms with E-state index in [9.17, 15) is 4.79 Å². The fraction of sp³-hybridized carbons (Fsp3) is 0.214. The van der Waals surface area contributed by atoms with Crippen LogP contribution in [0.25, 0.3) is 6.08 Å². The molecule has 19 heavy (non-hydrogen) atoms. The van der Waals surface area contributed by atoms with Gasteiger partial charge in [0.25, 0.3) is 0 Å². The summed E-state index contributed by atoms with van der Waals surface area (Å²) in [6.07, 6.45) is 8.82. The summed E-state index contributed by atoms with van der Waals surface area (Å²) in [7, 11) is 0. The van der Waals surface area contributed by atoms with E-state index in [-0.39, 0.29) is 0 Å². The topological polar surface area (TPSA) is 46.5 Å². The number of hydrogen-bond acceptors (Lipinski definition) is 2. The first-order valence-electron chi connectivity index (χ1n) is 5.51. The molecule has 0 bridgehead atoms. The third kappa shape index (κ3) is 5.25. The van der Waals surface area contributed by atoms with Crippen molar-refractivity contribution in [1.82, 2.24) is 0 Å². The number of unbranched alkanes of at least 4 members (excludes halogenated alkanes) is 1. The van der Waals surface area contributed by atoms with E-state index >= 15 is 0 Å². The minimum Gasteiger partial charge on any atom is -0.491 e. The van der Waals surface area contributed by atoms with Gasteiger partial charge in [-0.15, -0.1) is 12.3 Å². The van der Waals surface area contributed by atoms with Crippen molar-refractivity contribution in [2.45, 2.75) is 12.8 Å². The van der Waals surface area contributed by atoms with Gasteiger partial charge in [-0.1, -0.05) is 23.2 Å². The molecule has 1 N–H and O–H groups in total. The van der Waals surface area contributed by atoms with Gasteiger partial charge in [-0.05, 0) is 24.6 Å². The Morgan fingerprint density at radius 2 is 2.21 bits per heavy atom.